The molecule has 1 N–H and O–H groups in total. The molecule has 0 saturated carbocycles. The zero-order valence-corrected chi connectivity index (χ0v) is 16.8. The number of esters is 1. The summed E-state index contributed by atoms with van der Waals surface area (Å²) in [5, 5.41) is 3.01. The lowest BCUT2D eigenvalue weighted by atomic mass is 10.2. The lowest BCUT2D eigenvalue weighted by molar-refractivity contribution is -0.148. The van der Waals surface area contributed by atoms with E-state index in [0.29, 0.717) is 22.0 Å². The molecule has 0 heterocycles. The molecule has 2 amide bonds. The molecule has 0 aliphatic rings. The van der Waals surface area contributed by atoms with Crippen LogP contribution in [-0.2, 0) is 19.1 Å². The highest BCUT2D eigenvalue weighted by molar-refractivity contribution is 6.33. The third kappa shape index (κ3) is 6.97. The standard InChI is InChI=1S/C21H21ClN2O5/c1-24(13-19(25)23-17-9-5-4-8-16(17)22)20(26)14-29-21(27)12-11-15-7-3-6-10-18(15)28-2/h3-12H,13-14H2,1-2H3,(H,23,25)/b12-11+. The van der Waals surface area contributed by atoms with Crippen LogP contribution in [-0.4, -0.2) is 50.0 Å². The highest BCUT2D eigenvalue weighted by Gasteiger charge is 2.15. The van der Waals surface area contributed by atoms with Gasteiger partial charge in [-0.3, -0.25) is 9.59 Å². The number of ether oxygens (including phenoxy) is 2. The Morgan fingerprint density at radius 2 is 1.79 bits per heavy atom. The fraction of sp³-hybridized carbons (Fsp3) is 0.190. The van der Waals surface area contributed by atoms with E-state index >= 15 is 0 Å². The molecule has 0 spiro atoms. The zero-order chi connectivity index (χ0) is 21.2. The molecular weight excluding hydrogens is 396 g/mol. The van der Waals surface area contributed by atoms with Crippen molar-refractivity contribution in [3.8, 4) is 5.75 Å². The van der Waals surface area contributed by atoms with E-state index in [9.17, 15) is 14.4 Å². The predicted octanol–water partition coefficient (Wildman–Crippen LogP) is 3.00. The molecule has 0 aliphatic heterocycles. The maximum Gasteiger partial charge on any atom is 0.331 e. The first-order valence-electron chi connectivity index (χ1n) is 8.67. The number of rotatable bonds is 8. The smallest absolute Gasteiger partial charge is 0.331 e. The van der Waals surface area contributed by atoms with Crippen LogP contribution in [0.4, 0.5) is 5.69 Å². The third-order valence-electron chi connectivity index (χ3n) is 3.83. The van der Waals surface area contributed by atoms with Crippen LogP contribution in [0.3, 0.4) is 0 Å². The van der Waals surface area contributed by atoms with Gasteiger partial charge in [-0.1, -0.05) is 41.9 Å². The van der Waals surface area contributed by atoms with Gasteiger partial charge in [0.05, 0.1) is 24.4 Å². The summed E-state index contributed by atoms with van der Waals surface area (Å²) < 4.78 is 10.1. The van der Waals surface area contributed by atoms with E-state index in [4.69, 9.17) is 21.1 Å². The number of para-hydroxylation sites is 2. The van der Waals surface area contributed by atoms with Crippen LogP contribution in [0.1, 0.15) is 5.56 Å². The Bertz CT molecular complexity index is 913. The van der Waals surface area contributed by atoms with Crippen LogP contribution in [0, 0.1) is 0 Å². The number of carbonyl (C=O) groups is 3. The zero-order valence-electron chi connectivity index (χ0n) is 16.1. The fourth-order valence-electron chi connectivity index (χ4n) is 2.31. The maximum atomic E-state index is 12.1. The van der Waals surface area contributed by atoms with Gasteiger partial charge in [0.25, 0.3) is 5.91 Å². The molecule has 2 aromatic carbocycles. The lowest BCUT2D eigenvalue weighted by Crippen LogP contribution is -2.37. The summed E-state index contributed by atoms with van der Waals surface area (Å²) in [5.74, 6) is -1.01. The Hall–Kier alpha value is -3.32. The average molecular weight is 417 g/mol. The number of anilines is 1. The van der Waals surface area contributed by atoms with Crippen molar-refractivity contribution in [1.29, 1.82) is 0 Å². The molecule has 0 saturated heterocycles. The molecule has 2 aromatic rings. The van der Waals surface area contributed by atoms with Gasteiger partial charge in [0.2, 0.25) is 5.91 Å². The van der Waals surface area contributed by atoms with Crippen molar-refractivity contribution in [2.45, 2.75) is 0 Å². The van der Waals surface area contributed by atoms with Crippen molar-refractivity contribution in [2.24, 2.45) is 0 Å². The van der Waals surface area contributed by atoms with Crippen LogP contribution in [0.15, 0.2) is 54.6 Å². The number of amides is 2. The average Bonchev–Trinajstić information content (AvgIpc) is 2.72. The molecule has 0 bridgehead atoms. The van der Waals surface area contributed by atoms with E-state index in [0.717, 1.165) is 4.90 Å². The Morgan fingerprint density at radius 3 is 2.52 bits per heavy atom. The highest BCUT2D eigenvalue weighted by atomic mass is 35.5. The van der Waals surface area contributed by atoms with Gasteiger partial charge in [-0.25, -0.2) is 4.79 Å². The van der Waals surface area contributed by atoms with Crippen molar-refractivity contribution >= 4 is 41.1 Å². The van der Waals surface area contributed by atoms with E-state index in [1.54, 1.807) is 42.5 Å². The summed E-state index contributed by atoms with van der Waals surface area (Å²) in [4.78, 5) is 37.1. The topological polar surface area (TPSA) is 84.9 Å². The van der Waals surface area contributed by atoms with Crippen LogP contribution < -0.4 is 10.1 Å². The van der Waals surface area contributed by atoms with Crippen LogP contribution in [0.5, 0.6) is 5.75 Å². The molecular formula is C21H21ClN2O5. The number of benzene rings is 2. The molecule has 0 unspecified atom stereocenters. The molecule has 7 nitrogen and oxygen atoms in total. The van der Waals surface area contributed by atoms with Gasteiger partial charge in [-0.2, -0.15) is 0 Å². The van der Waals surface area contributed by atoms with E-state index in [2.05, 4.69) is 5.32 Å². The van der Waals surface area contributed by atoms with Crippen molar-refractivity contribution < 1.29 is 23.9 Å². The van der Waals surface area contributed by atoms with Gasteiger partial charge in [0, 0.05) is 18.7 Å². The van der Waals surface area contributed by atoms with Gasteiger partial charge in [-0.05, 0) is 24.3 Å². The minimum absolute atomic E-state index is 0.210. The summed E-state index contributed by atoms with van der Waals surface area (Å²) in [6.07, 6.45) is 2.74. The SMILES string of the molecule is COc1ccccc1/C=C/C(=O)OCC(=O)N(C)CC(=O)Nc1ccccc1Cl. The van der Waals surface area contributed by atoms with Crippen LogP contribution >= 0.6 is 11.6 Å². The number of methoxy groups -OCH3 is 1. The summed E-state index contributed by atoms with van der Waals surface area (Å²) in [7, 11) is 2.97. The summed E-state index contributed by atoms with van der Waals surface area (Å²) >= 11 is 5.98. The lowest BCUT2D eigenvalue weighted by Gasteiger charge is -2.16. The van der Waals surface area contributed by atoms with Crippen molar-refractivity contribution in [2.75, 3.05) is 32.6 Å². The number of halogens is 1. The molecule has 0 aromatic heterocycles. The van der Waals surface area contributed by atoms with E-state index in [1.807, 2.05) is 6.07 Å². The molecule has 8 heteroatoms. The molecule has 0 radical (unpaired) electrons. The monoisotopic (exact) mass is 416 g/mol. The Kier molecular flexibility index (Phi) is 8.24. The molecule has 0 fully saturated rings. The Balaban J connectivity index is 1.80. The second kappa shape index (κ2) is 10.9. The fourth-order valence-corrected chi connectivity index (χ4v) is 2.49. The number of nitrogens with one attached hydrogen (secondary N) is 1. The van der Waals surface area contributed by atoms with Gasteiger partial charge in [0.15, 0.2) is 6.61 Å². The number of hydrogen-bond donors (Lipinski definition) is 1. The van der Waals surface area contributed by atoms with Crippen molar-refractivity contribution in [3.05, 3.63) is 65.2 Å². The molecule has 2 rings (SSSR count). The van der Waals surface area contributed by atoms with Crippen molar-refractivity contribution in [3.63, 3.8) is 0 Å². The highest BCUT2D eigenvalue weighted by Crippen LogP contribution is 2.20. The molecule has 29 heavy (non-hydrogen) atoms. The van der Waals surface area contributed by atoms with Crippen molar-refractivity contribution in [1.82, 2.24) is 4.90 Å². The first kappa shape index (κ1) is 22.0. The molecule has 0 aliphatic carbocycles. The Morgan fingerprint density at radius 1 is 1.10 bits per heavy atom. The molecule has 152 valence electrons. The van der Waals surface area contributed by atoms with E-state index < -0.39 is 24.4 Å². The first-order valence-corrected chi connectivity index (χ1v) is 9.04. The van der Waals surface area contributed by atoms with Crippen LogP contribution in [0.25, 0.3) is 6.08 Å². The Labute approximate surface area is 173 Å². The summed E-state index contributed by atoms with van der Waals surface area (Å²) in [5.41, 5.74) is 1.15. The van der Waals surface area contributed by atoms with Crippen LogP contribution in [0.2, 0.25) is 5.02 Å². The summed E-state index contributed by atoms with van der Waals surface area (Å²) in [6, 6.07) is 13.9. The largest absolute Gasteiger partial charge is 0.496 e. The van der Waals surface area contributed by atoms with E-state index in [-0.39, 0.29) is 6.54 Å². The number of nitrogens with zero attached hydrogens (tertiary/aromatic N) is 1. The van der Waals surface area contributed by atoms with Gasteiger partial charge in [-0.15, -0.1) is 0 Å². The predicted molar refractivity (Wildman–Crippen MR) is 111 cm³/mol. The van der Waals surface area contributed by atoms with Gasteiger partial charge in [0.1, 0.15) is 5.75 Å². The van der Waals surface area contributed by atoms with Gasteiger partial charge >= 0.3 is 5.97 Å². The first-order chi connectivity index (χ1) is 13.9. The van der Waals surface area contributed by atoms with E-state index in [1.165, 1.54) is 26.3 Å². The minimum atomic E-state index is -0.682. The quantitative estimate of drug-likeness (QED) is 0.528. The maximum absolute atomic E-state index is 12.1. The second-order valence-electron chi connectivity index (χ2n) is 5.96. The number of hydrogen-bond acceptors (Lipinski definition) is 5. The summed E-state index contributed by atoms with van der Waals surface area (Å²) in [6.45, 7) is -0.691. The second-order valence-corrected chi connectivity index (χ2v) is 6.37. The third-order valence-corrected chi connectivity index (χ3v) is 4.16. The van der Waals surface area contributed by atoms with Gasteiger partial charge < -0.3 is 19.7 Å². The number of likely N-dealkylation sites (N-methyl/N-ethyl adjacent to an activating group) is 1. The number of carbonyl (C=O) groups excluding carboxylic acids is 3. The minimum Gasteiger partial charge on any atom is -0.496 e. The normalized spacial score (nSPS) is 10.4. The molecule has 0 atom stereocenters.